The van der Waals surface area contributed by atoms with Crippen molar-refractivity contribution in [2.75, 3.05) is 31.5 Å². The van der Waals surface area contributed by atoms with Gasteiger partial charge in [0.25, 0.3) is 0 Å². The number of pyridine rings is 1. The molecule has 1 atom stereocenters. The van der Waals surface area contributed by atoms with Gasteiger partial charge in [-0.1, -0.05) is 18.2 Å². The van der Waals surface area contributed by atoms with E-state index < -0.39 is 30.2 Å². The summed E-state index contributed by atoms with van der Waals surface area (Å²) in [7, 11) is 0. The number of amides is 2. The molecule has 1 aromatic carbocycles. The highest BCUT2D eigenvalue weighted by Gasteiger charge is 2.37. The first kappa shape index (κ1) is 24.8. The van der Waals surface area contributed by atoms with E-state index in [1.54, 1.807) is 4.90 Å². The molecule has 2 N–H and O–H groups in total. The molecular weight excluding hydrogens is 461 g/mol. The van der Waals surface area contributed by atoms with Crippen LogP contribution < -0.4 is 5.32 Å². The molecule has 0 saturated carbocycles. The van der Waals surface area contributed by atoms with Crippen molar-refractivity contribution in [1.82, 2.24) is 14.8 Å². The van der Waals surface area contributed by atoms with E-state index in [0.29, 0.717) is 25.9 Å². The molecule has 1 saturated heterocycles. The number of aromatic nitrogens is 1. The first-order valence-electron chi connectivity index (χ1n) is 11.9. The maximum atomic E-state index is 13.2. The van der Waals surface area contributed by atoms with Crippen LogP contribution in [0.25, 0.3) is 0 Å². The summed E-state index contributed by atoms with van der Waals surface area (Å²) in [5.74, 6) is -0.248. The van der Waals surface area contributed by atoms with Crippen LogP contribution in [0, 0.1) is 0 Å². The zero-order valence-corrected chi connectivity index (χ0v) is 19.4. The summed E-state index contributed by atoms with van der Waals surface area (Å²) in [4.78, 5) is 32.3. The third kappa shape index (κ3) is 6.04. The van der Waals surface area contributed by atoms with Crippen LogP contribution in [-0.4, -0.2) is 58.1 Å². The number of benzene rings is 1. The summed E-state index contributed by atoms with van der Waals surface area (Å²) in [5, 5.41) is 12.7. The molecule has 2 aliphatic rings. The predicted molar refractivity (Wildman–Crippen MR) is 124 cm³/mol. The summed E-state index contributed by atoms with van der Waals surface area (Å²) >= 11 is 0. The molecule has 0 spiro atoms. The van der Waals surface area contributed by atoms with Crippen LogP contribution in [0.1, 0.15) is 54.1 Å². The third-order valence-corrected chi connectivity index (χ3v) is 6.53. The number of halogens is 3. The molecule has 2 amide bonds. The molecule has 2 aromatic rings. The number of carbonyl (C=O) groups is 2. The molecule has 188 valence electrons. The molecule has 10 heteroatoms. The summed E-state index contributed by atoms with van der Waals surface area (Å²) in [6, 6.07) is 7.34. The molecule has 7 nitrogen and oxygen atoms in total. The number of fused-ring (bicyclic) bond motifs is 1. The number of carbonyl (C=O) groups excluding carboxylic acids is 1. The number of rotatable bonds is 8. The Balaban J connectivity index is 1.40. The van der Waals surface area contributed by atoms with Gasteiger partial charge in [-0.3, -0.25) is 4.79 Å². The lowest BCUT2D eigenvalue weighted by atomic mass is 10.00. The fraction of sp³-hybridized carbons (Fsp3) is 0.480. The van der Waals surface area contributed by atoms with Crippen LogP contribution in [0.15, 0.2) is 36.4 Å². The van der Waals surface area contributed by atoms with Gasteiger partial charge in [-0.25, -0.2) is 9.78 Å². The minimum absolute atomic E-state index is 0.166. The number of aryl methyl sites for hydroxylation is 2. The predicted octanol–water partition coefficient (Wildman–Crippen LogP) is 4.73. The SMILES string of the molecule is O=C(O)C[C@@H](c1cccc(C(F)(F)F)c1)N1CCN(CCCc2ccc3c(n2)NCCCC3)C1=O. The summed E-state index contributed by atoms with van der Waals surface area (Å²) in [6.07, 6.45) is -0.391. The second-order valence-corrected chi connectivity index (χ2v) is 9.00. The third-order valence-electron chi connectivity index (χ3n) is 6.53. The van der Waals surface area contributed by atoms with Gasteiger partial charge in [0.15, 0.2) is 0 Å². The smallest absolute Gasteiger partial charge is 0.416 e. The number of aliphatic carboxylic acids is 1. The Morgan fingerprint density at radius 2 is 2.00 bits per heavy atom. The summed E-state index contributed by atoms with van der Waals surface area (Å²) in [6.45, 7) is 2.02. The zero-order valence-electron chi connectivity index (χ0n) is 19.4. The number of urea groups is 1. The standard InChI is InChI=1S/C25H29F3N4O3/c26-25(27,28)19-7-3-6-18(15-19)21(16-22(33)34)32-14-13-31(24(32)35)12-4-8-20-10-9-17-5-1-2-11-29-23(17)30-20/h3,6-7,9-10,15,21H,1-2,4-5,8,11-14,16H2,(H,29,30)(H,33,34)/t21-/m0/s1. The van der Waals surface area contributed by atoms with Crippen molar-refractivity contribution >= 4 is 17.8 Å². The van der Waals surface area contributed by atoms with Crippen LogP contribution in [-0.2, 0) is 23.8 Å². The first-order chi connectivity index (χ1) is 16.7. The highest BCUT2D eigenvalue weighted by atomic mass is 19.4. The van der Waals surface area contributed by atoms with Crippen molar-refractivity contribution < 1.29 is 27.9 Å². The Bertz CT molecular complexity index is 1080. The van der Waals surface area contributed by atoms with E-state index in [-0.39, 0.29) is 18.1 Å². The summed E-state index contributed by atoms with van der Waals surface area (Å²) in [5.41, 5.74) is 1.46. The van der Waals surface area contributed by atoms with Gasteiger partial charge < -0.3 is 20.2 Å². The minimum Gasteiger partial charge on any atom is -0.481 e. The van der Waals surface area contributed by atoms with E-state index >= 15 is 0 Å². The fourth-order valence-corrected chi connectivity index (χ4v) is 4.71. The maximum absolute atomic E-state index is 13.2. The number of nitrogens with one attached hydrogen (secondary N) is 1. The molecule has 0 aliphatic carbocycles. The highest BCUT2D eigenvalue weighted by Crippen LogP contribution is 2.34. The molecule has 0 unspecified atom stereocenters. The maximum Gasteiger partial charge on any atom is 0.416 e. The van der Waals surface area contributed by atoms with Crippen LogP contribution in [0.5, 0.6) is 0 Å². The number of hydrogen-bond acceptors (Lipinski definition) is 4. The van der Waals surface area contributed by atoms with Gasteiger partial charge in [0, 0.05) is 31.9 Å². The Hall–Kier alpha value is -3.30. The van der Waals surface area contributed by atoms with E-state index in [4.69, 9.17) is 4.98 Å². The first-order valence-corrected chi connectivity index (χ1v) is 11.9. The second kappa shape index (κ2) is 10.5. The quantitative estimate of drug-likeness (QED) is 0.559. The van der Waals surface area contributed by atoms with Crippen molar-refractivity contribution in [3.05, 3.63) is 58.8 Å². The van der Waals surface area contributed by atoms with Crippen molar-refractivity contribution in [2.45, 2.75) is 50.7 Å². The van der Waals surface area contributed by atoms with Crippen LogP contribution in [0.3, 0.4) is 0 Å². The molecule has 35 heavy (non-hydrogen) atoms. The molecule has 4 rings (SSSR count). The van der Waals surface area contributed by atoms with E-state index in [1.165, 1.54) is 22.6 Å². The average Bonchev–Trinajstić information content (AvgIpc) is 3.02. The van der Waals surface area contributed by atoms with Gasteiger partial charge in [0.05, 0.1) is 18.0 Å². The van der Waals surface area contributed by atoms with E-state index in [2.05, 4.69) is 11.4 Å². The van der Waals surface area contributed by atoms with E-state index in [9.17, 15) is 27.9 Å². The number of carboxylic acid groups (broad SMARTS) is 1. The zero-order chi connectivity index (χ0) is 25.0. The molecular formula is C25H29F3N4O3. The molecule has 1 fully saturated rings. The van der Waals surface area contributed by atoms with Crippen molar-refractivity contribution in [3.8, 4) is 0 Å². The van der Waals surface area contributed by atoms with Crippen molar-refractivity contribution in [1.29, 1.82) is 0 Å². The molecule has 0 radical (unpaired) electrons. The molecule has 3 heterocycles. The van der Waals surface area contributed by atoms with Crippen LogP contribution >= 0.6 is 0 Å². The van der Waals surface area contributed by atoms with Gasteiger partial charge in [-0.2, -0.15) is 13.2 Å². The van der Waals surface area contributed by atoms with Gasteiger partial charge >= 0.3 is 18.2 Å². The molecule has 1 aromatic heterocycles. The Labute approximate surface area is 201 Å². The lowest BCUT2D eigenvalue weighted by Gasteiger charge is -2.28. The normalized spacial score (nSPS) is 17.1. The van der Waals surface area contributed by atoms with Gasteiger partial charge in [0.1, 0.15) is 5.82 Å². The Morgan fingerprint density at radius 1 is 1.17 bits per heavy atom. The van der Waals surface area contributed by atoms with Crippen LogP contribution in [0.4, 0.5) is 23.8 Å². The van der Waals surface area contributed by atoms with Crippen molar-refractivity contribution in [3.63, 3.8) is 0 Å². The number of alkyl halides is 3. The number of carboxylic acids is 1. The lowest BCUT2D eigenvalue weighted by molar-refractivity contribution is -0.138. The number of nitrogens with zero attached hydrogens (tertiary/aromatic N) is 3. The largest absolute Gasteiger partial charge is 0.481 e. The Morgan fingerprint density at radius 3 is 2.77 bits per heavy atom. The Kier molecular flexibility index (Phi) is 7.47. The van der Waals surface area contributed by atoms with E-state index in [0.717, 1.165) is 49.5 Å². The van der Waals surface area contributed by atoms with Crippen LogP contribution in [0.2, 0.25) is 0 Å². The van der Waals surface area contributed by atoms with Gasteiger partial charge in [-0.15, -0.1) is 0 Å². The minimum atomic E-state index is -4.55. The van der Waals surface area contributed by atoms with Gasteiger partial charge in [0.2, 0.25) is 0 Å². The number of hydrogen-bond donors (Lipinski definition) is 2. The second-order valence-electron chi connectivity index (χ2n) is 9.00. The molecule has 0 bridgehead atoms. The number of anilines is 1. The fourth-order valence-electron chi connectivity index (χ4n) is 4.71. The average molecular weight is 491 g/mol. The van der Waals surface area contributed by atoms with E-state index in [1.807, 2.05) is 6.07 Å². The molecule has 2 aliphatic heterocycles. The monoisotopic (exact) mass is 490 g/mol. The highest BCUT2D eigenvalue weighted by molar-refractivity contribution is 5.78. The van der Waals surface area contributed by atoms with Crippen molar-refractivity contribution in [2.24, 2.45) is 0 Å². The topological polar surface area (TPSA) is 85.8 Å². The van der Waals surface area contributed by atoms with Gasteiger partial charge in [-0.05, 0) is 61.4 Å². The lowest BCUT2D eigenvalue weighted by Crippen LogP contribution is -2.36. The summed E-state index contributed by atoms with van der Waals surface area (Å²) < 4.78 is 39.6.